The average Bonchev–Trinajstić information content (AvgIpc) is 3.91. The van der Waals surface area contributed by atoms with Crippen LogP contribution in [0.15, 0.2) is 66.3 Å². The Bertz CT molecular complexity index is 2410. The molecule has 5 N–H and O–H groups in total. The van der Waals surface area contributed by atoms with E-state index in [9.17, 15) is 29.5 Å². The van der Waals surface area contributed by atoms with E-state index in [2.05, 4.69) is 65.0 Å². The van der Waals surface area contributed by atoms with Gasteiger partial charge >= 0.3 is 0 Å². The quantitative estimate of drug-likeness (QED) is 0.0602. The minimum Gasteiger partial charge on any atom is -0.489 e. The van der Waals surface area contributed by atoms with Crippen LogP contribution in [0.2, 0.25) is 5.02 Å². The summed E-state index contributed by atoms with van der Waals surface area (Å²) in [6, 6.07) is 16.2. The number of β-amino-alcohol motifs (C(OH)–C–C–N with tert-alkyl or cyclic N) is 1. The smallest absolute Gasteiger partial charge is 0.251 e. The predicted molar refractivity (Wildman–Crippen MR) is 258 cm³/mol. The molecule has 0 spiro atoms. The number of carbonyl (C=O) groups is 4. The van der Waals surface area contributed by atoms with Crippen molar-refractivity contribution in [3.63, 3.8) is 0 Å². The maximum absolute atomic E-state index is 14.0. The molecule has 6 rings (SSSR count). The number of unbranched alkanes of at least 4 members (excludes halogenated alkanes) is 2. The van der Waals surface area contributed by atoms with Crippen LogP contribution in [0.4, 0.5) is 5.69 Å². The number of nitrogens with one attached hydrogen (secondary N) is 4. The highest BCUT2D eigenvalue weighted by molar-refractivity contribution is 7.13. The van der Waals surface area contributed by atoms with E-state index in [-0.39, 0.29) is 55.0 Å². The van der Waals surface area contributed by atoms with Gasteiger partial charge in [0.2, 0.25) is 17.7 Å². The lowest BCUT2D eigenvalue weighted by atomic mass is 9.49. The fourth-order valence-electron chi connectivity index (χ4n) is 9.31. The highest BCUT2D eigenvalue weighted by atomic mass is 35.5. The molecule has 0 bridgehead atoms. The van der Waals surface area contributed by atoms with Crippen LogP contribution in [0.3, 0.4) is 0 Å². The fourth-order valence-corrected chi connectivity index (χ4v) is 10.3. The van der Waals surface area contributed by atoms with Gasteiger partial charge in [0.25, 0.3) is 5.91 Å². The largest absolute Gasteiger partial charge is 0.489 e. The van der Waals surface area contributed by atoms with Gasteiger partial charge in [-0.1, -0.05) is 66.1 Å². The van der Waals surface area contributed by atoms with E-state index in [0.29, 0.717) is 40.7 Å². The number of nitrogens with zero attached hydrogens (tertiary/aromatic N) is 4. The van der Waals surface area contributed by atoms with Gasteiger partial charge in [-0.25, -0.2) is 4.98 Å². The number of hydrogen-bond acceptors (Lipinski definition) is 12. The van der Waals surface area contributed by atoms with Gasteiger partial charge in [-0.2, -0.15) is 5.26 Å². The first-order valence-corrected chi connectivity index (χ1v) is 24.0. The Balaban J connectivity index is 0.878. The number of ether oxygens (including phenoxy) is 2. The molecular weight excluding hydrogens is 892 g/mol. The molecule has 2 fully saturated rings. The Hall–Kier alpha value is -5.60. The molecule has 1 aliphatic heterocycles. The number of anilines is 1. The zero-order chi connectivity index (χ0) is 48.7. The number of benzene rings is 2. The van der Waals surface area contributed by atoms with Crippen LogP contribution in [0.5, 0.6) is 5.75 Å². The maximum Gasteiger partial charge on any atom is 0.251 e. The first-order chi connectivity index (χ1) is 31.7. The van der Waals surface area contributed by atoms with Crippen molar-refractivity contribution in [3.8, 4) is 22.3 Å². The average molecular weight is 956 g/mol. The van der Waals surface area contributed by atoms with E-state index in [1.807, 2.05) is 52.0 Å². The molecule has 0 radical (unpaired) electrons. The summed E-state index contributed by atoms with van der Waals surface area (Å²) in [5, 5.41) is 32.4. The second-order valence-corrected chi connectivity index (χ2v) is 21.0. The van der Waals surface area contributed by atoms with Gasteiger partial charge in [-0.05, 0) is 74.1 Å². The zero-order valence-corrected chi connectivity index (χ0v) is 41.1. The molecule has 17 heteroatoms. The number of hydrogen-bond donors (Lipinski definition) is 5. The number of nitriles is 1. The SMILES string of the molecule is Cc1ncsc1-c1ccc(CNC(=O)[C@@H]2C[C@@H](O)CN2C(=O)C(NC(=O)COCCCCCNc2ccc(C(=O)NC3C(C)(C)C(Oc4ccc(C#N)c(Cl)c4)C3(C)C)cc2)C(C)(C)C)nc1. The molecule has 2 aromatic carbocycles. The van der Waals surface area contributed by atoms with Crippen molar-refractivity contribution in [1.29, 1.82) is 5.26 Å². The second kappa shape index (κ2) is 21.6. The summed E-state index contributed by atoms with van der Waals surface area (Å²) in [6.45, 7) is 16.7. The Morgan fingerprint density at radius 3 is 2.37 bits per heavy atom. The summed E-state index contributed by atoms with van der Waals surface area (Å²) in [7, 11) is 0. The number of rotatable bonds is 19. The van der Waals surface area contributed by atoms with Crippen LogP contribution in [0.1, 0.15) is 101 Å². The van der Waals surface area contributed by atoms with Gasteiger partial charge in [-0.3, -0.25) is 24.2 Å². The van der Waals surface area contributed by atoms with Crippen LogP contribution in [0, 0.1) is 34.5 Å². The van der Waals surface area contributed by atoms with Crippen molar-refractivity contribution in [2.24, 2.45) is 16.2 Å². The number of amides is 4. The Morgan fingerprint density at radius 1 is 1.01 bits per heavy atom. The highest BCUT2D eigenvalue weighted by Crippen LogP contribution is 2.55. The number of carbonyl (C=O) groups excluding carboxylic acids is 4. The second-order valence-electron chi connectivity index (χ2n) is 19.7. The number of likely N-dealkylation sites (tertiary alicyclic amines) is 1. The molecule has 1 saturated heterocycles. The Kier molecular flexibility index (Phi) is 16.4. The van der Waals surface area contributed by atoms with Crippen molar-refractivity contribution in [2.45, 2.75) is 118 Å². The summed E-state index contributed by atoms with van der Waals surface area (Å²) < 4.78 is 12.0. The van der Waals surface area contributed by atoms with Gasteiger partial charge < -0.3 is 40.7 Å². The van der Waals surface area contributed by atoms with Crippen molar-refractivity contribution in [3.05, 3.63) is 93.8 Å². The van der Waals surface area contributed by atoms with Crippen LogP contribution >= 0.6 is 22.9 Å². The lowest BCUT2D eigenvalue weighted by Gasteiger charge is -2.63. The Morgan fingerprint density at radius 2 is 1.75 bits per heavy atom. The standard InChI is InChI=1S/C50H63ClN8O7S/c1-30-41(67-29-56-30)33-14-18-35(54-25-33)26-55-44(63)39-22-36(60)27-59(39)45(64)42(48(2,3)4)57-40(61)28-65-21-11-9-10-20-53-34-16-12-31(13-17-34)43(62)58-46-49(5,6)47(50(46,7)8)66-37-19-15-32(24-52)38(51)23-37/h12-19,23,25,29,36,39,42,46-47,53,60H,9-11,20-22,26-28H2,1-8H3,(H,55,63)(H,57,61)(H,58,62)/t36-,39+,42?,46?,47?/m1/s1. The van der Waals surface area contributed by atoms with Gasteiger partial charge in [0.1, 0.15) is 36.6 Å². The molecule has 67 heavy (non-hydrogen) atoms. The minimum absolute atomic E-state index is 0.0235. The van der Waals surface area contributed by atoms with Crippen molar-refractivity contribution >= 4 is 52.3 Å². The molecule has 1 unspecified atom stereocenters. The minimum atomic E-state index is -0.958. The molecule has 15 nitrogen and oxygen atoms in total. The van der Waals surface area contributed by atoms with Crippen LogP contribution in [-0.4, -0.2) is 100 Å². The maximum atomic E-state index is 14.0. The topological polar surface area (TPSA) is 208 Å². The summed E-state index contributed by atoms with van der Waals surface area (Å²) in [4.78, 5) is 65.0. The van der Waals surface area contributed by atoms with E-state index in [1.165, 1.54) is 16.2 Å². The third-order valence-electron chi connectivity index (χ3n) is 12.7. The van der Waals surface area contributed by atoms with Crippen LogP contribution in [0.25, 0.3) is 10.4 Å². The number of aliphatic hydroxyl groups excluding tert-OH is 1. The summed E-state index contributed by atoms with van der Waals surface area (Å²) in [5.41, 5.74) is 4.67. The summed E-state index contributed by atoms with van der Waals surface area (Å²) in [5.74, 6) is -0.880. The monoisotopic (exact) mass is 954 g/mol. The first-order valence-electron chi connectivity index (χ1n) is 22.7. The summed E-state index contributed by atoms with van der Waals surface area (Å²) in [6.07, 6.45) is 3.17. The van der Waals surface area contributed by atoms with Crippen LogP contribution in [-0.2, 0) is 25.7 Å². The predicted octanol–water partition coefficient (Wildman–Crippen LogP) is 7.06. The van der Waals surface area contributed by atoms with E-state index in [1.54, 1.807) is 42.0 Å². The van der Waals surface area contributed by atoms with Gasteiger partial charge in [0, 0.05) is 72.1 Å². The van der Waals surface area contributed by atoms with Gasteiger partial charge in [0.05, 0.1) is 45.0 Å². The molecule has 2 aromatic heterocycles. The third-order valence-corrected chi connectivity index (χ3v) is 14.0. The van der Waals surface area contributed by atoms with E-state index < -0.39 is 41.3 Å². The van der Waals surface area contributed by atoms with Gasteiger partial charge in [-0.15, -0.1) is 11.3 Å². The lowest BCUT2D eigenvalue weighted by Crippen LogP contribution is -2.74. The van der Waals surface area contributed by atoms with Crippen LogP contribution < -0.4 is 26.0 Å². The first kappa shape index (κ1) is 50.8. The van der Waals surface area contributed by atoms with Crippen molar-refractivity contribution in [2.75, 3.05) is 31.6 Å². The number of halogens is 1. The molecule has 3 heterocycles. The number of thiazole rings is 1. The fraction of sp³-hybridized carbons (Fsp3) is 0.500. The molecular formula is C50H63ClN8O7S. The number of pyridine rings is 1. The highest BCUT2D eigenvalue weighted by Gasteiger charge is 2.64. The van der Waals surface area contributed by atoms with Crippen molar-refractivity contribution in [1.82, 2.24) is 30.8 Å². The van der Waals surface area contributed by atoms with E-state index in [4.69, 9.17) is 21.1 Å². The molecule has 1 saturated carbocycles. The number of aryl methyl sites for hydroxylation is 1. The molecule has 2 aliphatic rings. The molecule has 358 valence electrons. The number of aromatic nitrogens is 2. The lowest BCUT2D eigenvalue weighted by molar-refractivity contribution is -0.164. The molecule has 4 amide bonds. The van der Waals surface area contributed by atoms with Crippen molar-refractivity contribution < 1.29 is 33.8 Å². The number of aliphatic hydroxyl groups is 1. The third kappa shape index (κ3) is 12.3. The van der Waals surface area contributed by atoms with E-state index >= 15 is 0 Å². The summed E-state index contributed by atoms with van der Waals surface area (Å²) >= 11 is 7.77. The zero-order valence-electron chi connectivity index (χ0n) is 39.6. The molecule has 4 aromatic rings. The molecule has 3 atom stereocenters. The molecule has 1 aliphatic carbocycles. The normalized spacial score (nSPS) is 19.9. The van der Waals surface area contributed by atoms with E-state index in [0.717, 1.165) is 41.1 Å². The Labute approximate surface area is 402 Å². The van der Waals surface area contributed by atoms with Gasteiger partial charge in [0.15, 0.2) is 0 Å².